The monoisotopic (exact) mass is 445 g/mol. The zero-order chi connectivity index (χ0) is 22.4. The predicted octanol–water partition coefficient (Wildman–Crippen LogP) is 3.40. The SMILES string of the molecule is CN=C(NCc1nc(C(C)(C)C)cs1)NC1CCN(Cc2cc(OC)cc(OC)c2)C1. The van der Waals surface area contributed by atoms with Gasteiger partial charge in [-0.1, -0.05) is 20.8 Å². The topological polar surface area (TPSA) is 71.0 Å². The summed E-state index contributed by atoms with van der Waals surface area (Å²) in [5.74, 6) is 2.47. The second-order valence-corrected chi connectivity index (χ2v) is 9.83. The van der Waals surface area contributed by atoms with E-state index in [1.54, 1.807) is 25.6 Å². The fourth-order valence-electron chi connectivity index (χ4n) is 3.59. The highest BCUT2D eigenvalue weighted by Gasteiger charge is 2.24. The summed E-state index contributed by atoms with van der Waals surface area (Å²) >= 11 is 1.69. The number of guanidine groups is 1. The maximum Gasteiger partial charge on any atom is 0.191 e. The maximum atomic E-state index is 5.39. The fourth-order valence-corrected chi connectivity index (χ4v) is 4.55. The number of ether oxygens (including phenoxy) is 2. The number of nitrogens with one attached hydrogen (secondary N) is 2. The second-order valence-electron chi connectivity index (χ2n) is 8.89. The number of likely N-dealkylation sites (tertiary alicyclic amines) is 1. The number of aromatic nitrogens is 1. The van der Waals surface area contributed by atoms with E-state index in [1.165, 1.54) is 5.56 Å². The third kappa shape index (κ3) is 6.58. The van der Waals surface area contributed by atoms with Crippen LogP contribution in [0.1, 0.15) is 43.5 Å². The van der Waals surface area contributed by atoms with Gasteiger partial charge >= 0.3 is 0 Å². The van der Waals surface area contributed by atoms with Crippen LogP contribution < -0.4 is 20.1 Å². The molecule has 1 atom stereocenters. The molecule has 7 nitrogen and oxygen atoms in total. The van der Waals surface area contributed by atoms with Gasteiger partial charge in [-0.15, -0.1) is 11.3 Å². The number of hydrogen-bond acceptors (Lipinski definition) is 6. The summed E-state index contributed by atoms with van der Waals surface area (Å²) in [6.45, 7) is 10.1. The minimum Gasteiger partial charge on any atom is -0.497 e. The molecule has 170 valence electrons. The van der Waals surface area contributed by atoms with E-state index in [0.29, 0.717) is 12.6 Å². The Morgan fingerprint density at radius 2 is 1.94 bits per heavy atom. The molecule has 0 radical (unpaired) electrons. The van der Waals surface area contributed by atoms with E-state index in [9.17, 15) is 0 Å². The van der Waals surface area contributed by atoms with Crippen LogP contribution in [0.5, 0.6) is 11.5 Å². The molecule has 1 aliphatic rings. The summed E-state index contributed by atoms with van der Waals surface area (Å²) in [5.41, 5.74) is 2.41. The van der Waals surface area contributed by atoms with Crippen molar-refractivity contribution in [3.8, 4) is 11.5 Å². The molecule has 2 heterocycles. The first-order valence-corrected chi connectivity index (χ1v) is 11.5. The third-order valence-corrected chi connectivity index (χ3v) is 6.23. The van der Waals surface area contributed by atoms with Gasteiger partial charge in [-0.05, 0) is 24.1 Å². The van der Waals surface area contributed by atoms with Crippen LogP contribution in [0.25, 0.3) is 0 Å². The van der Waals surface area contributed by atoms with E-state index in [4.69, 9.17) is 14.5 Å². The second kappa shape index (κ2) is 10.3. The summed E-state index contributed by atoms with van der Waals surface area (Å²) in [4.78, 5) is 11.6. The number of benzene rings is 1. The molecule has 1 aliphatic heterocycles. The molecular formula is C23H35N5O2S. The summed E-state index contributed by atoms with van der Waals surface area (Å²) in [6, 6.07) is 6.41. The lowest BCUT2D eigenvalue weighted by atomic mass is 9.93. The average molecular weight is 446 g/mol. The summed E-state index contributed by atoms with van der Waals surface area (Å²) in [7, 11) is 5.18. The van der Waals surface area contributed by atoms with Crippen LogP contribution >= 0.6 is 11.3 Å². The Labute approximate surface area is 189 Å². The van der Waals surface area contributed by atoms with Gasteiger partial charge in [0.1, 0.15) is 16.5 Å². The minimum absolute atomic E-state index is 0.0781. The molecule has 2 aromatic rings. The first-order valence-electron chi connectivity index (χ1n) is 10.7. The van der Waals surface area contributed by atoms with E-state index in [-0.39, 0.29) is 5.41 Å². The smallest absolute Gasteiger partial charge is 0.191 e. The quantitative estimate of drug-likeness (QED) is 0.503. The van der Waals surface area contributed by atoms with Gasteiger partial charge in [0.25, 0.3) is 0 Å². The largest absolute Gasteiger partial charge is 0.497 e. The van der Waals surface area contributed by atoms with Gasteiger partial charge < -0.3 is 20.1 Å². The Morgan fingerprint density at radius 3 is 2.52 bits per heavy atom. The van der Waals surface area contributed by atoms with Crippen molar-refractivity contribution < 1.29 is 9.47 Å². The first kappa shape index (κ1) is 23.3. The van der Waals surface area contributed by atoms with Crippen LogP contribution in [0, 0.1) is 0 Å². The zero-order valence-electron chi connectivity index (χ0n) is 19.5. The molecule has 1 aromatic carbocycles. The molecule has 0 saturated carbocycles. The number of thiazole rings is 1. The van der Waals surface area contributed by atoms with Gasteiger partial charge in [0.05, 0.1) is 26.5 Å². The van der Waals surface area contributed by atoms with Gasteiger partial charge in [0.15, 0.2) is 5.96 Å². The average Bonchev–Trinajstić information content (AvgIpc) is 3.40. The molecule has 0 aliphatic carbocycles. The van der Waals surface area contributed by atoms with E-state index < -0.39 is 0 Å². The molecule has 1 unspecified atom stereocenters. The Kier molecular flexibility index (Phi) is 7.78. The van der Waals surface area contributed by atoms with Crippen molar-refractivity contribution in [1.82, 2.24) is 20.5 Å². The van der Waals surface area contributed by atoms with Crippen LogP contribution in [-0.2, 0) is 18.5 Å². The highest BCUT2D eigenvalue weighted by molar-refractivity contribution is 7.09. The lowest BCUT2D eigenvalue weighted by Gasteiger charge is -2.19. The van der Waals surface area contributed by atoms with Crippen molar-refractivity contribution in [2.45, 2.75) is 51.7 Å². The molecule has 0 spiro atoms. The first-order chi connectivity index (χ1) is 14.8. The lowest BCUT2D eigenvalue weighted by Crippen LogP contribution is -2.44. The van der Waals surface area contributed by atoms with Gasteiger partial charge in [-0.2, -0.15) is 0 Å². The summed E-state index contributed by atoms with van der Waals surface area (Å²) in [6.07, 6.45) is 1.08. The number of rotatable bonds is 7. The van der Waals surface area contributed by atoms with Crippen LogP contribution in [0.4, 0.5) is 0 Å². The summed E-state index contributed by atoms with van der Waals surface area (Å²) < 4.78 is 10.8. The summed E-state index contributed by atoms with van der Waals surface area (Å²) in [5, 5.41) is 10.2. The predicted molar refractivity (Wildman–Crippen MR) is 127 cm³/mol. The molecule has 0 amide bonds. The number of nitrogens with zero attached hydrogens (tertiary/aromatic N) is 3. The van der Waals surface area contributed by atoms with Crippen LogP contribution in [0.2, 0.25) is 0 Å². The van der Waals surface area contributed by atoms with Gasteiger partial charge in [0, 0.05) is 49.6 Å². The molecule has 2 N–H and O–H groups in total. The molecule has 0 bridgehead atoms. The molecule has 1 saturated heterocycles. The molecule has 3 rings (SSSR count). The van der Waals surface area contributed by atoms with E-state index in [2.05, 4.69) is 58.8 Å². The normalized spacial score (nSPS) is 17.6. The van der Waals surface area contributed by atoms with Crippen LogP contribution in [0.15, 0.2) is 28.6 Å². The fraction of sp³-hybridized carbons (Fsp3) is 0.565. The molecule has 1 fully saturated rings. The number of aliphatic imine (C=N–C) groups is 1. The zero-order valence-corrected chi connectivity index (χ0v) is 20.3. The van der Waals surface area contributed by atoms with Crippen molar-refractivity contribution in [2.24, 2.45) is 4.99 Å². The van der Waals surface area contributed by atoms with Crippen molar-refractivity contribution in [2.75, 3.05) is 34.4 Å². The Hall–Kier alpha value is -2.32. The highest BCUT2D eigenvalue weighted by atomic mass is 32.1. The van der Waals surface area contributed by atoms with Gasteiger partial charge in [-0.3, -0.25) is 9.89 Å². The van der Waals surface area contributed by atoms with E-state index in [0.717, 1.165) is 54.2 Å². The lowest BCUT2D eigenvalue weighted by molar-refractivity contribution is 0.321. The molecule has 1 aromatic heterocycles. The van der Waals surface area contributed by atoms with Crippen molar-refractivity contribution in [1.29, 1.82) is 0 Å². The standard InChI is InChI=1S/C23H35N5O2S/c1-23(2,3)20-15-31-21(27-20)12-25-22(24-4)26-17-7-8-28(14-17)13-16-9-18(29-5)11-19(10-16)30-6/h9-11,15,17H,7-8,12-14H2,1-6H3,(H2,24,25,26). The van der Waals surface area contributed by atoms with Crippen LogP contribution in [0.3, 0.4) is 0 Å². The van der Waals surface area contributed by atoms with E-state index in [1.807, 2.05) is 13.1 Å². The van der Waals surface area contributed by atoms with Gasteiger partial charge in [-0.25, -0.2) is 4.98 Å². The van der Waals surface area contributed by atoms with Crippen molar-refractivity contribution in [3.63, 3.8) is 0 Å². The molecule has 31 heavy (non-hydrogen) atoms. The van der Waals surface area contributed by atoms with Crippen molar-refractivity contribution in [3.05, 3.63) is 39.8 Å². The molecule has 8 heteroatoms. The Morgan fingerprint density at radius 1 is 1.23 bits per heavy atom. The van der Waals surface area contributed by atoms with Crippen LogP contribution in [-0.4, -0.2) is 56.2 Å². The van der Waals surface area contributed by atoms with Crippen molar-refractivity contribution >= 4 is 17.3 Å². The van der Waals surface area contributed by atoms with E-state index >= 15 is 0 Å². The number of methoxy groups -OCH3 is 2. The Bertz CT molecular complexity index is 868. The third-order valence-electron chi connectivity index (χ3n) is 5.38. The maximum absolute atomic E-state index is 5.39. The molecular weight excluding hydrogens is 410 g/mol. The minimum atomic E-state index is 0.0781. The highest BCUT2D eigenvalue weighted by Crippen LogP contribution is 2.25. The van der Waals surface area contributed by atoms with Gasteiger partial charge in [0.2, 0.25) is 0 Å². The Balaban J connectivity index is 1.50. The number of hydrogen-bond donors (Lipinski definition) is 2.